The number of halogens is 2. The lowest BCUT2D eigenvalue weighted by atomic mass is 10.3. The molecule has 1 rings (SSSR count). The number of carbonyl (C=O) groups is 1. The molecule has 0 spiro atoms. The molecule has 0 heterocycles. The molecule has 0 bridgehead atoms. The quantitative estimate of drug-likeness (QED) is 0.598. The van der Waals surface area contributed by atoms with Gasteiger partial charge < -0.3 is 14.6 Å². The highest BCUT2D eigenvalue weighted by Gasteiger charge is 2.19. The molecule has 0 unspecified atom stereocenters. The maximum absolute atomic E-state index is 12.1. The van der Waals surface area contributed by atoms with Crippen molar-refractivity contribution in [2.75, 3.05) is 26.9 Å². The van der Waals surface area contributed by atoms with Gasteiger partial charge in [-0.3, -0.25) is 4.79 Å². The zero-order chi connectivity index (χ0) is 17.5. The van der Waals surface area contributed by atoms with Crippen molar-refractivity contribution in [2.45, 2.75) is 17.7 Å². The summed E-state index contributed by atoms with van der Waals surface area (Å²) in [4.78, 5) is 10.3. The molecule has 0 aliphatic carbocycles. The normalized spacial score (nSPS) is 11.4. The van der Waals surface area contributed by atoms with Crippen LogP contribution in [0.5, 0.6) is 5.75 Å². The van der Waals surface area contributed by atoms with Crippen LogP contribution in [-0.4, -0.2) is 46.4 Å². The zero-order valence-electron chi connectivity index (χ0n) is 12.3. The number of benzene rings is 1. The molecule has 0 aliphatic heterocycles. The largest absolute Gasteiger partial charge is 0.488 e. The second-order valence-corrected chi connectivity index (χ2v) is 7.03. The lowest BCUT2D eigenvalue weighted by molar-refractivity contribution is -0.137. The van der Waals surface area contributed by atoms with Gasteiger partial charge in [-0.25, -0.2) is 13.1 Å². The number of aliphatic carboxylic acids is 1. The second kappa shape index (κ2) is 9.29. The van der Waals surface area contributed by atoms with Crippen molar-refractivity contribution >= 4 is 39.2 Å². The van der Waals surface area contributed by atoms with E-state index >= 15 is 0 Å². The van der Waals surface area contributed by atoms with Crippen LogP contribution < -0.4 is 9.46 Å². The van der Waals surface area contributed by atoms with Gasteiger partial charge in [0.1, 0.15) is 6.61 Å². The zero-order valence-corrected chi connectivity index (χ0v) is 14.7. The lowest BCUT2D eigenvalue weighted by Crippen LogP contribution is -2.25. The standard InChI is InChI=1S/C13H17Cl2NO6S/c1-21-5-6-22-13-10(14)7-9(8-11(13)15)23(19,20)16-4-2-3-12(17)18/h7-8,16H,2-6H2,1H3,(H,17,18). The van der Waals surface area contributed by atoms with E-state index < -0.39 is 16.0 Å². The minimum Gasteiger partial charge on any atom is -0.488 e. The molecule has 10 heteroatoms. The number of methoxy groups -OCH3 is 1. The number of carboxylic acid groups (broad SMARTS) is 1. The molecule has 1 aromatic rings. The molecule has 0 saturated heterocycles. The van der Waals surface area contributed by atoms with E-state index in [0.717, 1.165) is 0 Å². The van der Waals surface area contributed by atoms with E-state index in [2.05, 4.69) is 4.72 Å². The third kappa shape index (κ3) is 6.52. The fourth-order valence-electron chi connectivity index (χ4n) is 1.59. The van der Waals surface area contributed by atoms with Crippen molar-refractivity contribution < 1.29 is 27.8 Å². The molecule has 1 aromatic carbocycles. The summed E-state index contributed by atoms with van der Waals surface area (Å²) >= 11 is 12.0. The summed E-state index contributed by atoms with van der Waals surface area (Å²) < 4.78 is 36.7. The van der Waals surface area contributed by atoms with Crippen LogP contribution >= 0.6 is 23.2 Å². The predicted molar refractivity (Wildman–Crippen MR) is 85.9 cm³/mol. The third-order valence-corrected chi connectivity index (χ3v) is 4.68. The van der Waals surface area contributed by atoms with Crippen LogP contribution in [0.25, 0.3) is 0 Å². The first-order valence-electron chi connectivity index (χ1n) is 6.60. The summed E-state index contributed by atoms with van der Waals surface area (Å²) in [5.74, 6) is -0.817. The van der Waals surface area contributed by atoms with Gasteiger partial charge in [-0.05, 0) is 18.6 Å². The maximum atomic E-state index is 12.1. The monoisotopic (exact) mass is 385 g/mol. The lowest BCUT2D eigenvalue weighted by Gasteiger charge is -2.12. The Morgan fingerprint density at radius 2 is 1.87 bits per heavy atom. The van der Waals surface area contributed by atoms with E-state index in [4.69, 9.17) is 37.8 Å². The molecule has 0 aromatic heterocycles. The molecule has 0 saturated carbocycles. The van der Waals surface area contributed by atoms with Crippen LogP contribution in [0.1, 0.15) is 12.8 Å². The van der Waals surface area contributed by atoms with Crippen LogP contribution in [0, 0.1) is 0 Å². The fraction of sp³-hybridized carbons (Fsp3) is 0.462. The Hall–Kier alpha value is -1.06. The second-order valence-electron chi connectivity index (χ2n) is 4.45. The van der Waals surface area contributed by atoms with Crippen LogP contribution in [-0.2, 0) is 19.6 Å². The number of sulfonamides is 1. The minimum absolute atomic E-state index is 0.00401. The van der Waals surface area contributed by atoms with Gasteiger partial charge in [-0.2, -0.15) is 0 Å². The number of hydrogen-bond donors (Lipinski definition) is 2. The number of rotatable bonds is 10. The summed E-state index contributed by atoms with van der Waals surface area (Å²) in [6, 6.07) is 2.43. The molecule has 7 nitrogen and oxygen atoms in total. The summed E-state index contributed by atoms with van der Waals surface area (Å²) in [5, 5.41) is 8.63. The average molecular weight is 386 g/mol. The summed E-state index contributed by atoms with van der Waals surface area (Å²) in [6.07, 6.45) is 0.0462. The number of carboxylic acids is 1. The molecule has 0 aliphatic rings. The Kier molecular flexibility index (Phi) is 8.07. The minimum atomic E-state index is -3.84. The van der Waals surface area contributed by atoms with E-state index in [9.17, 15) is 13.2 Å². The van der Waals surface area contributed by atoms with Crippen molar-refractivity contribution in [1.29, 1.82) is 0 Å². The first kappa shape index (κ1) is 20.0. The number of ether oxygens (including phenoxy) is 2. The Morgan fingerprint density at radius 1 is 1.26 bits per heavy atom. The predicted octanol–water partition coefficient (Wildman–Crippen LogP) is 2.16. The maximum Gasteiger partial charge on any atom is 0.303 e. The molecular formula is C13H17Cl2NO6S. The highest BCUT2D eigenvalue weighted by Crippen LogP contribution is 2.35. The van der Waals surface area contributed by atoms with Gasteiger partial charge in [0.25, 0.3) is 0 Å². The first-order chi connectivity index (χ1) is 10.8. The Labute approximate surface area is 144 Å². The molecule has 130 valence electrons. The smallest absolute Gasteiger partial charge is 0.303 e. The van der Waals surface area contributed by atoms with Crippen molar-refractivity contribution in [1.82, 2.24) is 4.72 Å². The van der Waals surface area contributed by atoms with Gasteiger partial charge in [-0.1, -0.05) is 23.2 Å². The fourth-order valence-corrected chi connectivity index (χ4v) is 3.44. The average Bonchev–Trinajstić information content (AvgIpc) is 2.46. The Bertz CT molecular complexity index is 627. The van der Waals surface area contributed by atoms with Crippen LogP contribution in [0.4, 0.5) is 0 Å². The van der Waals surface area contributed by atoms with Crippen LogP contribution in [0.15, 0.2) is 17.0 Å². The van der Waals surface area contributed by atoms with E-state index in [0.29, 0.717) is 6.61 Å². The first-order valence-corrected chi connectivity index (χ1v) is 8.84. The van der Waals surface area contributed by atoms with Crippen molar-refractivity contribution in [2.24, 2.45) is 0 Å². The molecular weight excluding hydrogens is 369 g/mol. The summed E-state index contributed by atoms with van der Waals surface area (Å²) in [7, 11) is -2.33. The number of nitrogens with one attached hydrogen (secondary N) is 1. The van der Waals surface area contributed by atoms with Gasteiger partial charge in [0.05, 0.1) is 21.5 Å². The van der Waals surface area contributed by atoms with Gasteiger partial charge >= 0.3 is 5.97 Å². The molecule has 0 fully saturated rings. The molecule has 0 radical (unpaired) electrons. The topological polar surface area (TPSA) is 102 Å². The molecule has 0 amide bonds. The third-order valence-electron chi connectivity index (χ3n) is 2.68. The van der Waals surface area contributed by atoms with Crippen molar-refractivity contribution in [3.63, 3.8) is 0 Å². The molecule has 2 N–H and O–H groups in total. The highest BCUT2D eigenvalue weighted by atomic mass is 35.5. The SMILES string of the molecule is COCCOc1c(Cl)cc(S(=O)(=O)NCCCC(=O)O)cc1Cl. The van der Waals surface area contributed by atoms with Crippen LogP contribution in [0.2, 0.25) is 10.0 Å². The number of hydrogen-bond acceptors (Lipinski definition) is 5. The van der Waals surface area contributed by atoms with Crippen molar-refractivity contribution in [3.8, 4) is 5.75 Å². The van der Waals surface area contributed by atoms with E-state index in [1.54, 1.807) is 0 Å². The Morgan fingerprint density at radius 3 is 2.39 bits per heavy atom. The van der Waals surface area contributed by atoms with E-state index in [1.165, 1.54) is 19.2 Å². The van der Waals surface area contributed by atoms with Gasteiger partial charge in [0, 0.05) is 20.1 Å². The van der Waals surface area contributed by atoms with E-state index in [1.807, 2.05) is 0 Å². The Balaban J connectivity index is 2.81. The van der Waals surface area contributed by atoms with Gasteiger partial charge in [0.15, 0.2) is 5.75 Å². The van der Waals surface area contributed by atoms with Crippen LogP contribution in [0.3, 0.4) is 0 Å². The van der Waals surface area contributed by atoms with Gasteiger partial charge in [0.2, 0.25) is 10.0 Å². The molecule has 23 heavy (non-hydrogen) atoms. The van der Waals surface area contributed by atoms with E-state index in [-0.39, 0.29) is 46.7 Å². The summed E-state index contributed by atoms with van der Waals surface area (Å²) in [6.45, 7) is 0.545. The highest BCUT2D eigenvalue weighted by molar-refractivity contribution is 7.89. The van der Waals surface area contributed by atoms with Crippen molar-refractivity contribution in [3.05, 3.63) is 22.2 Å². The molecule has 0 atom stereocenters. The summed E-state index contributed by atoms with van der Waals surface area (Å²) in [5.41, 5.74) is 0. The van der Waals surface area contributed by atoms with Gasteiger partial charge in [-0.15, -0.1) is 0 Å².